The van der Waals surface area contributed by atoms with E-state index < -0.39 is 9.73 Å². The first-order chi connectivity index (χ1) is 5.02. The van der Waals surface area contributed by atoms with Gasteiger partial charge in [0.2, 0.25) is 0 Å². The number of para-hydroxylation sites is 1. The highest BCUT2D eigenvalue weighted by Gasteiger charge is 2.06. The third-order valence-electron chi connectivity index (χ3n) is 1.28. The van der Waals surface area contributed by atoms with Crippen molar-refractivity contribution in [1.29, 1.82) is 4.78 Å². The van der Waals surface area contributed by atoms with E-state index >= 15 is 0 Å². The van der Waals surface area contributed by atoms with Gasteiger partial charge in [-0.3, -0.25) is 0 Å². The van der Waals surface area contributed by atoms with Crippen LogP contribution < -0.4 is 0 Å². The highest BCUT2D eigenvalue weighted by Crippen LogP contribution is 2.20. The summed E-state index contributed by atoms with van der Waals surface area (Å²) in [5.74, 6) is -0.0741. The fraction of sp³-hybridized carbons (Fsp3) is 0.143. The minimum atomic E-state index is -2.78. The second-order valence-corrected chi connectivity index (χ2v) is 4.44. The standard InChI is InChI=1S/C7H9NO2S/c1-11(8,10)7-5-3-2-4-6(7)9/h2-5,8-9H,1H3/t11-/m1/s1. The van der Waals surface area contributed by atoms with Crippen LogP contribution in [0.1, 0.15) is 0 Å². The van der Waals surface area contributed by atoms with Crippen LogP contribution in [0.2, 0.25) is 0 Å². The summed E-state index contributed by atoms with van der Waals surface area (Å²) in [7, 11) is -2.78. The average Bonchev–Trinajstić information content (AvgIpc) is 1.86. The highest BCUT2D eigenvalue weighted by molar-refractivity contribution is 7.91. The first-order valence-corrected chi connectivity index (χ1v) is 5.00. The van der Waals surface area contributed by atoms with Crippen molar-refractivity contribution in [2.75, 3.05) is 6.26 Å². The van der Waals surface area contributed by atoms with Crippen LogP contribution in [-0.2, 0) is 9.73 Å². The Morgan fingerprint density at radius 2 is 2.00 bits per heavy atom. The molecule has 3 nitrogen and oxygen atoms in total. The van der Waals surface area contributed by atoms with E-state index in [9.17, 15) is 4.21 Å². The predicted octanol–water partition coefficient (Wildman–Crippen LogP) is 1.43. The minimum Gasteiger partial charge on any atom is -0.507 e. The first kappa shape index (κ1) is 8.07. The van der Waals surface area contributed by atoms with Gasteiger partial charge in [0.25, 0.3) is 0 Å². The molecule has 0 amide bonds. The fourth-order valence-corrected chi connectivity index (χ4v) is 1.59. The predicted molar refractivity (Wildman–Crippen MR) is 43.2 cm³/mol. The zero-order chi connectivity index (χ0) is 8.48. The first-order valence-electron chi connectivity index (χ1n) is 3.03. The second-order valence-electron chi connectivity index (χ2n) is 2.31. The van der Waals surface area contributed by atoms with Crippen LogP contribution in [0, 0.1) is 4.78 Å². The number of hydrogen-bond donors (Lipinski definition) is 2. The molecule has 0 radical (unpaired) electrons. The summed E-state index contributed by atoms with van der Waals surface area (Å²) in [6, 6.07) is 6.19. The number of phenols is 1. The number of benzene rings is 1. The third kappa shape index (κ3) is 1.71. The van der Waals surface area contributed by atoms with Gasteiger partial charge in [-0.2, -0.15) is 0 Å². The molecule has 0 aliphatic heterocycles. The van der Waals surface area contributed by atoms with Gasteiger partial charge in [0.05, 0.1) is 14.6 Å². The Labute approximate surface area is 65.7 Å². The maximum atomic E-state index is 11.1. The van der Waals surface area contributed by atoms with Crippen molar-refractivity contribution in [2.24, 2.45) is 0 Å². The summed E-state index contributed by atoms with van der Waals surface area (Å²) in [6.07, 6.45) is 1.28. The van der Waals surface area contributed by atoms with Crippen molar-refractivity contribution in [3.63, 3.8) is 0 Å². The molecule has 11 heavy (non-hydrogen) atoms. The van der Waals surface area contributed by atoms with Crippen LogP contribution in [0.4, 0.5) is 0 Å². The summed E-state index contributed by atoms with van der Waals surface area (Å²) < 4.78 is 18.3. The van der Waals surface area contributed by atoms with E-state index in [4.69, 9.17) is 9.89 Å². The number of hydrogen-bond acceptors (Lipinski definition) is 3. The smallest absolute Gasteiger partial charge is 0.132 e. The topological polar surface area (TPSA) is 61.2 Å². The Morgan fingerprint density at radius 3 is 2.36 bits per heavy atom. The molecule has 1 aromatic rings. The normalized spacial score (nSPS) is 15.7. The van der Waals surface area contributed by atoms with Crippen LogP contribution in [0.15, 0.2) is 29.2 Å². The highest BCUT2D eigenvalue weighted by atomic mass is 32.2. The lowest BCUT2D eigenvalue weighted by molar-refractivity contribution is 0.461. The van der Waals surface area contributed by atoms with E-state index in [-0.39, 0.29) is 10.6 Å². The molecule has 1 aromatic carbocycles. The lowest BCUT2D eigenvalue weighted by atomic mass is 10.3. The number of rotatable bonds is 1. The summed E-state index contributed by atoms with van der Waals surface area (Å²) in [4.78, 5) is 0.194. The van der Waals surface area contributed by atoms with E-state index in [1.165, 1.54) is 18.4 Å². The molecule has 2 N–H and O–H groups in total. The molecule has 1 atom stereocenters. The molecule has 0 spiro atoms. The summed E-state index contributed by atoms with van der Waals surface area (Å²) >= 11 is 0. The zero-order valence-electron chi connectivity index (χ0n) is 6.07. The van der Waals surface area contributed by atoms with E-state index in [1.807, 2.05) is 0 Å². The molecule has 0 unspecified atom stereocenters. The molecule has 0 bridgehead atoms. The Kier molecular flexibility index (Phi) is 1.87. The Bertz CT molecular complexity index is 356. The van der Waals surface area contributed by atoms with Gasteiger partial charge in [0.1, 0.15) is 5.75 Å². The van der Waals surface area contributed by atoms with Crippen molar-refractivity contribution >= 4 is 9.73 Å². The SMILES string of the molecule is C[S@@](=N)(=O)c1ccccc1O. The van der Waals surface area contributed by atoms with Gasteiger partial charge < -0.3 is 5.11 Å². The molecule has 0 aliphatic carbocycles. The van der Waals surface area contributed by atoms with Crippen LogP contribution in [0.3, 0.4) is 0 Å². The van der Waals surface area contributed by atoms with Gasteiger partial charge in [0, 0.05) is 6.26 Å². The molecule has 1 rings (SSSR count). The van der Waals surface area contributed by atoms with Crippen molar-refractivity contribution in [3.05, 3.63) is 24.3 Å². The lowest BCUT2D eigenvalue weighted by Crippen LogP contribution is -1.94. The molecule has 0 heterocycles. The van der Waals surface area contributed by atoms with E-state index in [0.29, 0.717) is 0 Å². The molecule has 0 saturated carbocycles. The van der Waals surface area contributed by atoms with Crippen LogP contribution in [0.25, 0.3) is 0 Å². The van der Waals surface area contributed by atoms with Crippen molar-refractivity contribution in [2.45, 2.75) is 4.90 Å². The van der Waals surface area contributed by atoms with Gasteiger partial charge in [-0.25, -0.2) is 8.99 Å². The quantitative estimate of drug-likeness (QED) is 0.671. The van der Waals surface area contributed by atoms with Gasteiger partial charge in [-0.1, -0.05) is 12.1 Å². The number of phenolic OH excluding ortho intramolecular Hbond substituents is 1. The summed E-state index contributed by atoms with van der Waals surface area (Å²) in [5.41, 5.74) is 0. The van der Waals surface area contributed by atoms with Gasteiger partial charge in [-0.15, -0.1) is 0 Å². The summed E-state index contributed by atoms with van der Waals surface area (Å²) in [6.45, 7) is 0. The van der Waals surface area contributed by atoms with E-state index in [1.54, 1.807) is 12.1 Å². The lowest BCUT2D eigenvalue weighted by Gasteiger charge is -2.01. The molecule has 0 aliphatic rings. The molecular weight excluding hydrogens is 162 g/mol. The third-order valence-corrected chi connectivity index (χ3v) is 2.47. The van der Waals surface area contributed by atoms with Crippen molar-refractivity contribution in [1.82, 2.24) is 0 Å². The number of nitrogens with one attached hydrogen (secondary N) is 1. The molecular formula is C7H9NO2S. The van der Waals surface area contributed by atoms with E-state index in [2.05, 4.69) is 0 Å². The van der Waals surface area contributed by atoms with Gasteiger partial charge >= 0.3 is 0 Å². The largest absolute Gasteiger partial charge is 0.507 e. The molecule has 60 valence electrons. The second kappa shape index (κ2) is 2.54. The maximum absolute atomic E-state index is 11.1. The Morgan fingerprint density at radius 1 is 1.45 bits per heavy atom. The van der Waals surface area contributed by atoms with Crippen molar-refractivity contribution in [3.8, 4) is 5.75 Å². The van der Waals surface area contributed by atoms with Crippen LogP contribution in [-0.4, -0.2) is 15.6 Å². The Hall–Kier alpha value is -1.03. The molecule has 0 saturated heterocycles. The van der Waals surface area contributed by atoms with Crippen molar-refractivity contribution < 1.29 is 9.32 Å². The summed E-state index contributed by atoms with van der Waals surface area (Å²) in [5, 5.41) is 9.15. The van der Waals surface area contributed by atoms with Crippen LogP contribution >= 0.6 is 0 Å². The fourth-order valence-electron chi connectivity index (χ4n) is 0.787. The van der Waals surface area contributed by atoms with Gasteiger partial charge in [-0.05, 0) is 12.1 Å². The molecule has 0 fully saturated rings. The monoisotopic (exact) mass is 171 g/mol. The minimum absolute atomic E-state index is 0.0741. The van der Waals surface area contributed by atoms with Crippen LogP contribution in [0.5, 0.6) is 5.75 Å². The zero-order valence-corrected chi connectivity index (χ0v) is 6.89. The maximum Gasteiger partial charge on any atom is 0.132 e. The molecule has 4 heteroatoms. The number of aromatic hydroxyl groups is 1. The average molecular weight is 171 g/mol. The van der Waals surface area contributed by atoms with E-state index in [0.717, 1.165) is 0 Å². The van der Waals surface area contributed by atoms with Gasteiger partial charge in [0.15, 0.2) is 0 Å². The Balaban J connectivity index is 3.37. The molecule has 0 aromatic heterocycles.